The molecule has 0 radical (unpaired) electrons. The summed E-state index contributed by atoms with van der Waals surface area (Å²) in [4.78, 5) is 65.3. The number of amides is 4. The number of aliphatic imine (C=N–C) groups is 1. The van der Waals surface area contributed by atoms with Crippen LogP contribution in [-0.2, 0) is 24.0 Å². The van der Waals surface area contributed by atoms with E-state index in [9.17, 15) is 29.1 Å². The molecule has 14 heteroatoms. The van der Waals surface area contributed by atoms with E-state index >= 15 is 0 Å². The SMILES string of the molecule is CCC(C)C(NC(=O)C(N)CCCN=C(N)N)C(=O)NC(CC(N)=O)C(=O)NC(CC(C)C)C(=O)O. The number of rotatable bonds is 17. The third-order valence-corrected chi connectivity index (χ3v) is 5.46. The summed E-state index contributed by atoms with van der Waals surface area (Å²) >= 11 is 0. The van der Waals surface area contributed by atoms with Gasteiger partial charge in [-0.05, 0) is 31.1 Å². The highest BCUT2D eigenvalue weighted by Crippen LogP contribution is 2.11. The van der Waals surface area contributed by atoms with Crippen molar-refractivity contribution >= 4 is 35.6 Å². The number of primary amides is 1. The summed E-state index contributed by atoms with van der Waals surface area (Å²) in [7, 11) is 0. The quantitative estimate of drug-likeness (QED) is 0.0598. The van der Waals surface area contributed by atoms with Gasteiger partial charge in [0, 0.05) is 6.54 Å². The topological polar surface area (TPSA) is 258 Å². The van der Waals surface area contributed by atoms with E-state index in [4.69, 9.17) is 22.9 Å². The van der Waals surface area contributed by atoms with Gasteiger partial charge in [-0.15, -0.1) is 0 Å². The number of carboxylic acid groups (broad SMARTS) is 1. The highest BCUT2D eigenvalue weighted by molar-refractivity contribution is 5.96. The molecule has 0 aliphatic carbocycles. The first-order valence-corrected chi connectivity index (χ1v) is 11.9. The van der Waals surface area contributed by atoms with E-state index in [0.717, 1.165) is 0 Å². The zero-order valence-corrected chi connectivity index (χ0v) is 21.5. The molecule has 12 N–H and O–H groups in total. The third-order valence-electron chi connectivity index (χ3n) is 5.46. The molecule has 0 heterocycles. The van der Waals surface area contributed by atoms with Crippen molar-refractivity contribution in [3.05, 3.63) is 0 Å². The van der Waals surface area contributed by atoms with E-state index < -0.39 is 60.2 Å². The number of carboxylic acids is 1. The molecule has 0 spiro atoms. The Morgan fingerprint density at radius 1 is 0.889 bits per heavy atom. The highest BCUT2D eigenvalue weighted by atomic mass is 16.4. The molecule has 0 fully saturated rings. The Bertz CT molecular complexity index is 799. The van der Waals surface area contributed by atoms with Gasteiger partial charge in [-0.25, -0.2) is 4.79 Å². The van der Waals surface area contributed by atoms with Crippen LogP contribution in [0.3, 0.4) is 0 Å². The number of nitrogens with one attached hydrogen (secondary N) is 3. The van der Waals surface area contributed by atoms with Crippen molar-refractivity contribution in [1.82, 2.24) is 16.0 Å². The molecule has 0 bridgehead atoms. The van der Waals surface area contributed by atoms with Crippen LogP contribution in [0.2, 0.25) is 0 Å². The van der Waals surface area contributed by atoms with Crippen LogP contribution in [0.5, 0.6) is 0 Å². The lowest BCUT2D eigenvalue weighted by atomic mass is 9.97. The predicted molar refractivity (Wildman–Crippen MR) is 134 cm³/mol. The van der Waals surface area contributed by atoms with E-state index in [0.29, 0.717) is 12.8 Å². The van der Waals surface area contributed by atoms with E-state index in [-0.39, 0.29) is 37.2 Å². The average molecular weight is 515 g/mol. The number of carbonyl (C=O) groups excluding carboxylic acids is 4. The molecule has 0 aromatic rings. The van der Waals surface area contributed by atoms with Crippen LogP contribution in [-0.4, -0.2) is 71.4 Å². The van der Waals surface area contributed by atoms with E-state index in [2.05, 4.69) is 20.9 Å². The largest absolute Gasteiger partial charge is 0.480 e. The lowest BCUT2D eigenvalue weighted by molar-refractivity contribution is -0.143. The molecule has 0 aliphatic rings. The molecule has 0 rings (SSSR count). The number of hydrogen-bond donors (Lipinski definition) is 8. The molecule has 5 unspecified atom stereocenters. The summed E-state index contributed by atoms with van der Waals surface area (Å²) in [5, 5.41) is 16.8. The lowest BCUT2D eigenvalue weighted by Crippen LogP contribution is -2.59. The molecular weight excluding hydrogens is 472 g/mol. The van der Waals surface area contributed by atoms with E-state index in [1.165, 1.54) is 0 Å². The van der Waals surface area contributed by atoms with Gasteiger partial charge in [0.25, 0.3) is 0 Å². The van der Waals surface area contributed by atoms with Crippen LogP contribution in [0.1, 0.15) is 59.8 Å². The molecule has 0 saturated heterocycles. The Morgan fingerprint density at radius 2 is 1.47 bits per heavy atom. The smallest absolute Gasteiger partial charge is 0.326 e. The van der Waals surface area contributed by atoms with Crippen LogP contribution < -0.4 is 38.9 Å². The normalized spacial score (nSPS) is 15.1. The number of guanidine groups is 1. The van der Waals surface area contributed by atoms with Gasteiger partial charge in [0.1, 0.15) is 18.1 Å². The molecule has 14 nitrogen and oxygen atoms in total. The van der Waals surface area contributed by atoms with E-state index in [1.54, 1.807) is 20.8 Å². The van der Waals surface area contributed by atoms with Gasteiger partial charge in [0.05, 0.1) is 12.5 Å². The fourth-order valence-corrected chi connectivity index (χ4v) is 3.25. The van der Waals surface area contributed by atoms with Crippen molar-refractivity contribution in [2.45, 2.75) is 84.0 Å². The molecule has 0 saturated carbocycles. The molecule has 0 aromatic carbocycles. The summed E-state index contributed by atoms with van der Waals surface area (Å²) in [6, 6.07) is -4.65. The molecule has 5 atom stereocenters. The second-order valence-electron chi connectivity index (χ2n) is 9.19. The zero-order valence-electron chi connectivity index (χ0n) is 21.5. The summed E-state index contributed by atoms with van der Waals surface area (Å²) in [6.07, 6.45) is 0.785. The van der Waals surface area contributed by atoms with Gasteiger partial charge >= 0.3 is 5.97 Å². The highest BCUT2D eigenvalue weighted by Gasteiger charge is 2.33. The second kappa shape index (κ2) is 16.3. The molecular formula is C22H42N8O6. The number of carbonyl (C=O) groups is 5. The Hall–Kier alpha value is -3.42. The second-order valence-corrected chi connectivity index (χ2v) is 9.19. The van der Waals surface area contributed by atoms with Crippen LogP contribution in [0.4, 0.5) is 0 Å². The number of nitrogens with zero attached hydrogens (tertiary/aromatic N) is 1. The predicted octanol–water partition coefficient (Wildman–Crippen LogP) is -2.13. The molecule has 4 amide bonds. The molecule has 36 heavy (non-hydrogen) atoms. The Kier molecular flexibility index (Phi) is 14.7. The minimum Gasteiger partial charge on any atom is -0.480 e. The fourth-order valence-electron chi connectivity index (χ4n) is 3.25. The maximum Gasteiger partial charge on any atom is 0.326 e. The van der Waals surface area contributed by atoms with Crippen molar-refractivity contribution in [3.8, 4) is 0 Å². The van der Waals surface area contributed by atoms with Crippen molar-refractivity contribution in [3.63, 3.8) is 0 Å². The van der Waals surface area contributed by atoms with Gasteiger partial charge < -0.3 is 44.0 Å². The Balaban J connectivity index is 5.47. The molecule has 0 aromatic heterocycles. The van der Waals surface area contributed by atoms with Crippen molar-refractivity contribution in [2.75, 3.05) is 6.54 Å². The van der Waals surface area contributed by atoms with Crippen molar-refractivity contribution in [1.29, 1.82) is 0 Å². The summed E-state index contributed by atoms with van der Waals surface area (Å²) in [5.41, 5.74) is 21.7. The van der Waals surface area contributed by atoms with Gasteiger partial charge in [-0.3, -0.25) is 24.2 Å². The Labute approximate surface area is 211 Å². The fraction of sp³-hybridized carbons (Fsp3) is 0.727. The van der Waals surface area contributed by atoms with Crippen LogP contribution >= 0.6 is 0 Å². The average Bonchev–Trinajstić information content (AvgIpc) is 2.77. The minimum atomic E-state index is -1.43. The first-order chi connectivity index (χ1) is 16.7. The summed E-state index contributed by atoms with van der Waals surface area (Å²) < 4.78 is 0. The summed E-state index contributed by atoms with van der Waals surface area (Å²) in [6.45, 7) is 7.40. The van der Waals surface area contributed by atoms with Gasteiger partial charge in [-0.1, -0.05) is 34.1 Å². The van der Waals surface area contributed by atoms with E-state index in [1.807, 2.05) is 6.92 Å². The maximum atomic E-state index is 13.1. The van der Waals surface area contributed by atoms with Gasteiger partial charge in [-0.2, -0.15) is 0 Å². The minimum absolute atomic E-state index is 0.0377. The Morgan fingerprint density at radius 3 is 1.94 bits per heavy atom. The standard InChI is InChI=1S/C22H42N8O6/c1-5-12(4)17(30-18(32)13(23)7-6-8-27-22(25)26)20(34)28-14(10-16(24)31)19(33)29-15(21(35)36)9-11(2)3/h11-15,17H,5-10,23H2,1-4H3,(H2,24,31)(H,28,34)(H,29,33)(H,30,32)(H,35,36)(H4,25,26,27). The number of hydrogen-bond acceptors (Lipinski definition) is 7. The van der Waals surface area contributed by atoms with Crippen molar-refractivity contribution < 1.29 is 29.1 Å². The zero-order chi connectivity index (χ0) is 28.0. The first kappa shape index (κ1) is 32.6. The van der Waals surface area contributed by atoms with Crippen LogP contribution in [0.25, 0.3) is 0 Å². The monoisotopic (exact) mass is 514 g/mol. The third kappa shape index (κ3) is 12.9. The van der Waals surface area contributed by atoms with Crippen molar-refractivity contribution in [2.24, 2.45) is 39.8 Å². The number of aliphatic carboxylic acids is 1. The molecule has 206 valence electrons. The maximum absolute atomic E-state index is 13.1. The van der Waals surface area contributed by atoms with Crippen LogP contribution in [0.15, 0.2) is 4.99 Å². The lowest BCUT2D eigenvalue weighted by Gasteiger charge is -2.27. The number of nitrogens with two attached hydrogens (primary N) is 4. The molecule has 0 aliphatic heterocycles. The van der Waals surface area contributed by atoms with Crippen LogP contribution in [0, 0.1) is 11.8 Å². The summed E-state index contributed by atoms with van der Waals surface area (Å²) in [5.74, 6) is -4.78. The first-order valence-electron chi connectivity index (χ1n) is 11.9. The van der Waals surface area contributed by atoms with Gasteiger partial charge in [0.15, 0.2) is 5.96 Å². The van der Waals surface area contributed by atoms with Gasteiger partial charge in [0.2, 0.25) is 23.6 Å².